The van der Waals surface area contributed by atoms with Crippen molar-refractivity contribution < 1.29 is 8.42 Å². The number of rotatable bonds is 4. The molecule has 3 nitrogen and oxygen atoms in total. The van der Waals surface area contributed by atoms with Gasteiger partial charge in [0.2, 0.25) is 10.0 Å². The summed E-state index contributed by atoms with van der Waals surface area (Å²) in [6.07, 6.45) is 0. The van der Waals surface area contributed by atoms with Gasteiger partial charge in [0.25, 0.3) is 0 Å². The van der Waals surface area contributed by atoms with E-state index in [4.69, 9.17) is 23.2 Å². The minimum atomic E-state index is -3.44. The molecule has 0 saturated carbocycles. The molecule has 0 fully saturated rings. The van der Waals surface area contributed by atoms with Crippen molar-refractivity contribution >= 4 is 33.2 Å². The van der Waals surface area contributed by atoms with E-state index >= 15 is 0 Å². The second-order valence-corrected chi connectivity index (χ2v) is 5.33. The smallest absolute Gasteiger partial charge is 0.211 e. The van der Waals surface area contributed by atoms with Crippen molar-refractivity contribution in [3.63, 3.8) is 0 Å². The normalized spacial score (nSPS) is 11.7. The van der Waals surface area contributed by atoms with Crippen molar-refractivity contribution in [3.8, 4) is 0 Å². The molecular weight excluding hydrogens is 257 g/mol. The Morgan fingerprint density at radius 1 is 1.40 bits per heavy atom. The maximum Gasteiger partial charge on any atom is 0.240 e. The lowest BCUT2D eigenvalue weighted by atomic mass is 10.2. The summed E-state index contributed by atoms with van der Waals surface area (Å²) in [6, 6.07) is 4.50. The monoisotopic (exact) mass is 267 g/mol. The molecule has 0 aliphatic rings. The van der Waals surface area contributed by atoms with E-state index < -0.39 is 10.0 Å². The van der Waals surface area contributed by atoms with Crippen molar-refractivity contribution in [2.24, 2.45) is 0 Å². The maximum atomic E-state index is 11.6. The standard InChI is InChI=1S/C9H11Cl2NO2S/c1-2-12-15(13,14)8-4-3-7(6-10)9(11)5-8/h3-5,12H,2,6H2,1H3. The predicted molar refractivity (Wildman–Crippen MR) is 61.9 cm³/mol. The number of hydrogen-bond donors (Lipinski definition) is 1. The van der Waals surface area contributed by atoms with Gasteiger partial charge in [-0.25, -0.2) is 13.1 Å². The Morgan fingerprint density at radius 3 is 2.53 bits per heavy atom. The van der Waals surface area contributed by atoms with Crippen LogP contribution in [0.1, 0.15) is 12.5 Å². The van der Waals surface area contributed by atoms with Gasteiger partial charge in [-0.1, -0.05) is 24.6 Å². The number of halogens is 2. The zero-order chi connectivity index (χ0) is 11.5. The minimum absolute atomic E-state index is 0.156. The fraction of sp³-hybridized carbons (Fsp3) is 0.333. The quantitative estimate of drug-likeness (QED) is 0.852. The lowest BCUT2D eigenvalue weighted by Crippen LogP contribution is -2.23. The van der Waals surface area contributed by atoms with Gasteiger partial charge in [0.15, 0.2) is 0 Å². The van der Waals surface area contributed by atoms with Crippen LogP contribution < -0.4 is 4.72 Å². The highest BCUT2D eigenvalue weighted by Gasteiger charge is 2.13. The Balaban J connectivity index is 3.13. The molecule has 1 rings (SSSR count). The van der Waals surface area contributed by atoms with Crippen LogP contribution in [-0.4, -0.2) is 15.0 Å². The SMILES string of the molecule is CCNS(=O)(=O)c1ccc(CCl)c(Cl)c1. The van der Waals surface area contributed by atoms with Crippen LogP contribution >= 0.6 is 23.2 Å². The van der Waals surface area contributed by atoms with Gasteiger partial charge in [0, 0.05) is 17.4 Å². The fourth-order valence-electron chi connectivity index (χ4n) is 1.08. The van der Waals surface area contributed by atoms with Crippen molar-refractivity contribution in [1.82, 2.24) is 4.72 Å². The van der Waals surface area contributed by atoms with Gasteiger partial charge in [0.1, 0.15) is 0 Å². The molecule has 1 aromatic carbocycles. The molecule has 0 aromatic heterocycles. The molecule has 0 atom stereocenters. The Labute approximate surface area is 99.4 Å². The second kappa shape index (κ2) is 5.16. The lowest BCUT2D eigenvalue weighted by Gasteiger charge is -2.06. The first-order chi connectivity index (χ1) is 7.01. The molecule has 0 aliphatic heterocycles. The average Bonchev–Trinajstić information content (AvgIpc) is 2.17. The van der Waals surface area contributed by atoms with Crippen LogP contribution in [0, 0.1) is 0 Å². The van der Waals surface area contributed by atoms with Gasteiger partial charge in [-0.05, 0) is 17.7 Å². The molecule has 1 N–H and O–H groups in total. The number of hydrogen-bond acceptors (Lipinski definition) is 2. The highest BCUT2D eigenvalue weighted by Crippen LogP contribution is 2.21. The van der Waals surface area contributed by atoms with E-state index in [9.17, 15) is 8.42 Å². The molecule has 0 aliphatic carbocycles. The summed E-state index contributed by atoms with van der Waals surface area (Å²) in [5, 5.41) is 0.365. The molecule has 6 heteroatoms. The molecule has 84 valence electrons. The van der Waals surface area contributed by atoms with E-state index in [1.165, 1.54) is 12.1 Å². The Bertz CT molecular complexity index is 445. The first-order valence-electron chi connectivity index (χ1n) is 4.35. The van der Waals surface area contributed by atoms with Crippen molar-refractivity contribution in [2.45, 2.75) is 17.7 Å². The van der Waals surface area contributed by atoms with E-state index in [0.717, 1.165) is 0 Å². The highest BCUT2D eigenvalue weighted by atomic mass is 35.5. The summed E-state index contributed by atoms with van der Waals surface area (Å²) in [7, 11) is -3.44. The predicted octanol–water partition coefficient (Wildman–Crippen LogP) is 2.38. The first kappa shape index (κ1) is 12.8. The van der Waals surface area contributed by atoms with Gasteiger partial charge in [-0.3, -0.25) is 0 Å². The summed E-state index contributed by atoms with van der Waals surface area (Å²) in [4.78, 5) is 0.156. The second-order valence-electron chi connectivity index (χ2n) is 2.89. The third kappa shape index (κ3) is 3.08. The van der Waals surface area contributed by atoms with Crippen LogP contribution in [0.15, 0.2) is 23.1 Å². The summed E-state index contributed by atoms with van der Waals surface area (Å²) in [5.74, 6) is 0.264. The zero-order valence-electron chi connectivity index (χ0n) is 8.13. The Morgan fingerprint density at radius 2 is 2.07 bits per heavy atom. The molecule has 0 radical (unpaired) electrons. The van der Waals surface area contributed by atoms with Crippen molar-refractivity contribution in [1.29, 1.82) is 0 Å². The number of alkyl halides is 1. The van der Waals surface area contributed by atoms with Crippen LogP contribution in [0.4, 0.5) is 0 Å². The highest BCUT2D eigenvalue weighted by molar-refractivity contribution is 7.89. The Kier molecular flexibility index (Phi) is 4.40. The molecule has 15 heavy (non-hydrogen) atoms. The zero-order valence-corrected chi connectivity index (χ0v) is 10.5. The summed E-state index contributed by atoms with van der Waals surface area (Å²) < 4.78 is 25.5. The van der Waals surface area contributed by atoms with Crippen LogP contribution in [0.5, 0.6) is 0 Å². The number of nitrogens with one attached hydrogen (secondary N) is 1. The van der Waals surface area contributed by atoms with E-state index in [0.29, 0.717) is 17.1 Å². The molecule has 0 saturated heterocycles. The van der Waals surface area contributed by atoms with Crippen molar-refractivity contribution in [2.75, 3.05) is 6.54 Å². The molecule has 0 heterocycles. The van der Waals surface area contributed by atoms with Crippen molar-refractivity contribution in [3.05, 3.63) is 28.8 Å². The summed E-state index contributed by atoms with van der Waals surface area (Å²) in [6.45, 7) is 2.06. The average molecular weight is 268 g/mol. The molecular formula is C9H11Cl2NO2S. The third-order valence-corrected chi connectivity index (χ3v) is 4.00. The van der Waals surface area contributed by atoms with E-state index in [2.05, 4.69) is 4.72 Å². The topological polar surface area (TPSA) is 46.2 Å². The van der Waals surface area contributed by atoms with Gasteiger partial charge < -0.3 is 0 Å². The van der Waals surface area contributed by atoms with Crippen LogP contribution in [0.3, 0.4) is 0 Å². The largest absolute Gasteiger partial charge is 0.240 e. The molecule has 0 unspecified atom stereocenters. The lowest BCUT2D eigenvalue weighted by molar-refractivity contribution is 0.584. The van der Waals surface area contributed by atoms with E-state index in [-0.39, 0.29) is 10.8 Å². The summed E-state index contributed by atoms with van der Waals surface area (Å²) in [5.41, 5.74) is 0.716. The van der Waals surface area contributed by atoms with Gasteiger partial charge in [-0.2, -0.15) is 0 Å². The molecule has 0 amide bonds. The Hall–Kier alpha value is -0.290. The third-order valence-electron chi connectivity index (χ3n) is 1.81. The minimum Gasteiger partial charge on any atom is -0.211 e. The molecule has 0 spiro atoms. The van der Waals surface area contributed by atoms with Crippen LogP contribution in [0.2, 0.25) is 5.02 Å². The van der Waals surface area contributed by atoms with Gasteiger partial charge in [-0.15, -0.1) is 11.6 Å². The fourth-order valence-corrected chi connectivity index (χ4v) is 2.76. The van der Waals surface area contributed by atoms with E-state index in [1.54, 1.807) is 13.0 Å². The molecule has 0 bridgehead atoms. The van der Waals surface area contributed by atoms with Crippen LogP contribution in [0.25, 0.3) is 0 Å². The maximum absolute atomic E-state index is 11.6. The molecule has 1 aromatic rings. The van der Waals surface area contributed by atoms with Gasteiger partial charge in [0.05, 0.1) is 4.90 Å². The summed E-state index contributed by atoms with van der Waals surface area (Å²) >= 11 is 11.5. The van der Waals surface area contributed by atoms with Crippen LogP contribution in [-0.2, 0) is 15.9 Å². The first-order valence-corrected chi connectivity index (χ1v) is 6.75. The number of benzene rings is 1. The number of sulfonamides is 1. The van der Waals surface area contributed by atoms with E-state index in [1.807, 2.05) is 0 Å². The van der Waals surface area contributed by atoms with Gasteiger partial charge >= 0.3 is 0 Å².